The predicted octanol–water partition coefficient (Wildman–Crippen LogP) is 2.78. The Labute approximate surface area is 258 Å². The number of sulfonamides is 1. The summed E-state index contributed by atoms with van der Waals surface area (Å²) in [6.45, 7) is 7.65. The highest BCUT2D eigenvalue weighted by Gasteiger charge is 2.61. The summed E-state index contributed by atoms with van der Waals surface area (Å²) in [6, 6.07) is 1.13. The number of unbranched alkanes of at least 4 members (excludes halogenated alkanes) is 2. The molecule has 4 N–H and O–H groups in total. The number of aliphatic carboxylic acids is 1. The van der Waals surface area contributed by atoms with Crippen molar-refractivity contribution in [1.29, 1.82) is 0 Å². The third-order valence-electron chi connectivity index (χ3n) is 8.06. The molecule has 0 bridgehead atoms. The summed E-state index contributed by atoms with van der Waals surface area (Å²) in [5.74, 6) is -2.36. The molecule has 2 unspecified atom stereocenters. The van der Waals surface area contributed by atoms with E-state index in [2.05, 4.69) is 22.9 Å². The number of likely N-dealkylation sites (N-methyl/N-ethyl adjacent to an activating group) is 1. The summed E-state index contributed by atoms with van der Waals surface area (Å²) in [4.78, 5) is 52.5. The predicted molar refractivity (Wildman–Crippen MR) is 164 cm³/mol. The van der Waals surface area contributed by atoms with Crippen molar-refractivity contribution in [3.63, 3.8) is 0 Å². The van der Waals surface area contributed by atoms with Crippen molar-refractivity contribution in [2.75, 3.05) is 26.7 Å². The molecule has 0 spiro atoms. The minimum Gasteiger partial charge on any atom is -0.479 e. The lowest BCUT2D eigenvalue weighted by Gasteiger charge is -2.34. The molecule has 2 aliphatic rings. The first-order chi connectivity index (χ1) is 20.1. The van der Waals surface area contributed by atoms with Crippen LogP contribution < -0.4 is 16.0 Å². The highest BCUT2D eigenvalue weighted by atomic mass is 32.2. The Bertz CT molecular complexity index is 1290. The average Bonchev–Trinajstić information content (AvgIpc) is 3.32. The standard InChI is InChI=1S/C29H45N5O7S2/c1-6-7-8-9-12-20-17-29(20,26(37)38)32-25(36)21-13-10-15-34(21)23(35)18-30-27(39)31-22(28(2,3)4)19-33(5)43(40,41)24-14-11-16-42-24/h9,11-12,14,16,20-22H,6-8,10,13,15,17-19H2,1-5H3,(H,32,36)(H,37,38)(H2,30,31,39)/b12-9-/t20?,21-,22?,29+/m0/s1. The molecule has 43 heavy (non-hydrogen) atoms. The molecular formula is C29H45N5O7S2. The number of hydrogen-bond acceptors (Lipinski definition) is 7. The average molecular weight is 640 g/mol. The van der Waals surface area contributed by atoms with Crippen molar-refractivity contribution in [2.24, 2.45) is 11.3 Å². The van der Waals surface area contributed by atoms with E-state index in [1.54, 1.807) is 11.4 Å². The van der Waals surface area contributed by atoms with E-state index in [4.69, 9.17) is 0 Å². The van der Waals surface area contributed by atoms with Crippen LogP contribution in [0.5, 0.6) is 0 Å². The van der Waals surface area contributed by atoms with E-state index in [1.807, 2.05) is 32.9 Å². The van der Waals surface area contributed by atoms with E-state index in [-0.39, 0.29) is 23.2 Å². The second-order valence-corrected chi connectivity index (χ2v) is 15.6. The van der Waals surface area contributed by atoms with E-state index < -0.39 is 56.9 Å². The largest absolute Gasteiger partial charge is 0.479 e. The zero-order chi connectivity index (χ0) is 32.0. The topological polar surface area (TPSA) is 165 Å². The first-order valence-electron chi connectivity index (χ1n) is 14.7. The summed E-state index contributed by atoms with van der Waals surface area (Å²) in [6.07, 6.45) is 7.98. The van der Waals surface area contributed by atoms with Gasteiger partial charge in [-0.05, 0) is 42.5 Å². The van der Waals surface area contributed by atoms with Crippen LogP contribution in [0.25, 0.3) is 0 Å². The number of thiophene rings is 1. The van der Waals surface area contributed by atoms with Crippen LogP contribution in [0.2, 0.25) is 0 Å². The molecule has 1 saturated carbocycles. The molecule has 240 valence electrons. The quantitative estimate of drug-likeness (QED) is 0.180. The maximum absolute atomic E-state index is 13.2. The lowest BCUT2D eigenvalue weighted by molar-refractivity contribution is -0.145. The van der Waals surface area contributed by atoms with Crippen molar-refractivity contribution in [1.82, 2.24) is 25.2 Å². The molecule has 3 rings (SSSR count). The number of likely N-dealkylation sites (tertiary alicyclic amines) is 1. The minimum absolute atomic E-state index is 0.0135. The Balaban J connectivity index is 1.56. The summed E-state index contributed by atoms with van der Waals surface area (Å²) in [7, 11) is -2.27. The van der Waals surface area contributed by atoms with Gasteiger partial charge in [-0.15, -0.1) is 11.3 Å². The van der Waals surface area contributed by atoms with Gasteiger partial charge in [0.1, 0.15) is 15.8 Å². The number of nitrogens with zero attached hydrogens (tertiary/aromatic N) is 2. The number of carboxylic acid groups (broad SMARTS) is 1. The van der Waals surface area contributed by atoms with Crippen molar-refractivity contribution in [3.05, 3.63) is 29.7 Å². The zero-order valence-corrected chi connectivity index (χ0v) is 27.2. The van der Waals surface area contributed by atoms with Crippen LogP contribution in [0.1, 0.15) is 66.2 Å². The first kappa shape index (κ1) is 34.5. The molecule has 2 heterocycles. The number of hydrogen-bond donors (Lipinski definition) is 4. The van der Waals surface area contributed by atoms with E-state index in [9.17, 15) is 32.7 Å². The lowest BCUT2D eigenvalue weighted by atomic mass is 9.87. The van der Waals surface area contributed by atoms with E-state index in [0.29, 0.717) is 25.8 Å². The molecule has 4 atom stereocenters. The fraction of sp³-hybridized carbons (Fsp3) is 0.655. The minimum atomic E-state index is -3.72. The van der Waals surface area contributed by atoms with Crippen molar-refractivity contribution in [3.8, 4) is 0 Å². The normalized spacial score (nSPS) is 22.9. The Hall–Kier alpha value is -2.97. The van der Waals surface area contributed by atoms with Gasteiger partial charge in [0.15, 0.2) is 0 Å². The van der Waals surface area contributed by atoms with Crippen LogP contribution in [0.3, 0.4) is 0 Å². The molecule has 1 aliphatic carbocycles. The number of carboxylic acids is 1. The highest BCUT2D eigenvalue weighted by Crippen LogP contribution is 2.45. The van der Waals surface area contributed by atoms with Gasteiger partial charge in [-0.1, -0.05) is 58.8 Å². The van der Waals surface area contributed by atoms with Gasteiger partial charge < -0.3 is 26.0 Å². The number of carbonyl (C=O) groups excluding carboxylic acids is 3. The van der Waals surface area contributed by atoms with Gasteiger partial charge in [0.2, 0.25) is 11.8 Å². The molecule has 0 aromatic carbocycles. The summed E-state index contributed by atoms with van der Waals surface area (Å²) < 4.78 is 27.2. The van der Waals surface area contributed by atoms with E-state index in [0.717, 1.165) is 30.6 Å². The Morgan fingerprint density at radius 2 is 2.00 bits per heavy atom. The van der Waals surface area contributed by atoms with Crippen LogP contribution in [0.4, 0.5) is 4.79 Å². The first-order valence-corrected chi connectivity index (χ1v) is 17.0. The third-order valence-corrected chi connectivity index (χ3v) is 11.3. The third kappa shape index (κ3) is 8.57. The SMILES string of the molecule is CCCC/C=C\C1C[C@]1(NC(=O)[C@@H]1CCCN1C(=O)CNC(=O)NC(CN(C)S(=O)(=O)c1cccs1)C(C)(C)C)C(=O)O. The number of allylic oxidation sites excluding steroid dienone is 1. The smallest absolute Gasteiger partial charge is 0.330 e. The van der Waals surface area contributed by atoms with Crippen molar-refractivity contribution >= 4 is 45.2 Å². The second kappa shape index (κ2) is 14.2. The number of amides is 4. The molecule has 1 aromatic heterocycles. The van der Waals surface area contributed by atoms with Gasteiger partial charge in [0.05, 0.1) is 6.54 Å². The monoisotopic (exact) mass is 639 g/mol. The zero-order valence-electron chi connectivity index (χ0n) is 25.6. The van der Waals surface area contributed by atoms with Gasteiger partial charge in [-0.2, -0.15) is 4.31 Å². The van der Waals surface area contributed by atoms with Crippen LogP contribution in [-0.4, -0.2) is 90.8 Å². The molecule has 1 aromatic rings. The number of carbonyl (C=O) groups is 4. The molecule has 14 heteroatoms. The Morgan fingerprint density at radius 3 is 2.60 bits per heavy atom. The van der Waals surface area contributed by atoms with E-state index >= 15 is 0 Å². The fourth-order valence-corrected chi connectivity index (χ4v) is 7.49. The van der Waals surface area contributed by atoms with Gasteiger partial charge in [0, 0.05) is 32.1 Å². The van der Waals surface area contributed by atoms with Crippen LogP contribution in [0, 0.1) is 11.3 Å². The fourth-order valence-electron chi connectivity index (χ4n) is 5.11. The molecule has 1 aliphatic heterocycles. The highest BCUT2D eigenvalue weighted by molar-refractivity contribution is 7.91. The van der Waals surface area contributed by atoms with Crippen molar-refractivity contribution < 1.29 is 32.7 Å². The van der Waals surface area contributed by atoms with Crippen molar-refractivity contribution in [2.45, 2.75) is 88.1 Å². The molecular weight excluding hydrogens is 594 g/mol. The van der Waals surface area contributed by atoms with Crippen LogP contribution in [-0.2, 0) is 24.4 Å². The maximum atomic E-state index is 13.2. The lowest BCUT2D eigenvalue weighted by Crippen LogP contribution is -2.56. The Kier molecular flexibility index (Phi) is 11.4. The molecule has 0 radical (unpaired) electrons. The summed E-state index contributed by atoms with van der Waals surface area (Å²) in [5, 5.41) is 19.6. The van der Waals surface area contributed by atoms with Gasteiger partial charge in [0.25, 0.3) is 10.0 Å². The number of rotatable bonds is 14. The molecule has 4 amide bonds. The Morgan fingerprint density at radius 1 is 1.28 bits per heavy atom. The maximum Gasteiger partial charge on any atom is 0.330 e. The summed E-state index contributed by atoms with van der Waals surface area (Å²) in [5.41, 5.74) is -1.87. The van der Waals surface area contributed by atoms with Gasteiger partial charge in [-0.25, -0.2) is 18.0 Å². The number of nitrogens with one attached hydrogen (secondary N) is 3. The van der Waals surface area contributed by atoms with Gasteiger partial charge >= 0.3 is 12.0 Å². The second-order valence-electron chi connectivity index (χ2n) is 12.4. The van der Waals surface area contributed by atoms with E-state index in [1.165, 1.54) is 22.3 Å². The molecule has 12 nitrogen and oxygen atoms in total. The van der Waals surface area contributed by atoms with Crippen LogP contribution in [0.15, 0.2) is 33.9 Å². The summed E-state index contributed by atoms with van der Waals surface area (Å²) >= 11 is 1.11. The van der Waals surface area contributed by atoms with Crippen LogP contribution >= 0.6 is 11.3 Å². The molecule has 1 saturated heterocycles. The number of urea groups is 1. The van der Waals surface area contributed by atoms with Gasteiger partial charge in [-0.3, -0.25) is 9.59 Å². The molecule has 2 fully saturated rings.